The molecule has 0 atom stereocenters. The largest absolute Gasteiger partial charge is 0.378 e. The maximum absolute atomic E-state index is 5.29. The smallest absolute Gasteiger partial charge is 0.246 e. The van der Waals surface area contributed by atoms with Gasteiger partial charge in [-0.05, 0) is 12.1 Å². The maximum atomic E-state index is 5.29. The van der Waals surface area contributed by atoms with E-state index in [1.807, 2.05) is 30.1 Å². The van der Waals surface area contributed by atoms with Crippen LogP contribution in [0.4, 0.5) is 5.82 Å². The van der Waals surface area contributed by atoms with Crippen molar-refractivity contribution < 1.29 is 9.26 Å². The fourth-order valence-corrected chi connectivity index (χ4v) is 2.04. The van der Waals surface area contributed by atoms with E-state index in [1.54, 1.807) is 19.5 Å². The molecule has 118 valence electrons. The average Bonchev–Trinajstić information content (AvgIpc) is 3.05. The molecule has 0 aliphatic carbocycles. The number of hydrogen-bond acceptors (Lipinski definition) is 8. The summed E-state index contributed by atoms with van der Waals surface area (Å²) in [6, 6.07) is 5.57. The van der Waals surface area contributed by atoms with Crippen LogP contribution in [-0.2, 0) is 17.9 Å². The third-order valence-corrected chi connectivity index (χ3v) is 3.15. The van der Waals surface area contributed by atoms with Crippen LogP contribution >= 0.6 is 0 Å². The number of rotatable bonds is 6. The zero-order valence-corrected chi connectivity index (χ0v) is 12.9. The standard InChI is InChI=1S/C15H16N6O2/c1-21(13-6-12(9-22-2)17-10-18-13)8-14-19-15(20-23-14)11-4-3-5-16-7-11/h3-7,10H,8-9H2,1-2H3. The van der Waals surface area contributed by atoms with Gasteiger partial charge in [0.05, 0.1) is 18.8 Å². The molecule has 0 aliphatic rings. The van der Waals surface area contributed by atoms with Crippen LogP contribution in [0.3, 0.4) is 0 Å². The van der Waals surface area contributed by atoms with Gasteiger partial charge in [0.25, 0.3) is 0 Å². The van der Waals surface area contributed by atoms with Crippen molar-refractivity contribution in [2.45, 2.75) is 13.2 Å². The number of nitrogens with zero attached hydrogens (tertiary/aromatic N) is 6. The Kier molecular flexibility index (Phi) is 4.53. The lowest BCUT2D eigenvalue weighted by atomic mass is 10.3. The molecule has 0 saturated heterocycles. The maximum Gasteiger partial charge on any atom is 0.246 e. The summed E-state index contributed by atoms with van der Waals surface area (Å²) in [5.41, 5.74) is 1.63. The monoisotopic (exact) mass is 312 g/mol. The Bertz CT molecular complexity index is 761. The molecule has 3 aromatic rings. The lowest BCUT2D eigenvalue weighted by molar-refractivity contribution is 0.181. The van der Waals surface area contributed by atoms with Gasteiger partial charge < -0.3 is 14.2 Å². The molecule has 0 fully saturated rings. The van der Waals surface area contributed by atoms with Crippen LogP contribution in [0.1, 0.15) is 11.6 Å². The van der Waals surface area contributed by atoms with E-state index >= 15 is 0 Å². The highest BCUT2D eigenvalue weighted by Crippen LogP contribution is 2.16. The SMILES string of the molecule is COCc1cc(N(C)Cc2nc(-c3cccnc3)no2)ncn1. The number of methoxy groups -OCH3 is 1. The van der Waals surface area contributed by atoms with E-state index in [0.717, 1.165) is 17.1 Å². The van der Waals surface area contributed by atoms with Crippen molar-refractivity contribution in [3.63, 3.8) is 0 Å². The molecule has 8 heteroatoms. The molecule has 0 aromatic carbocycles. The quantitative estimate of drug-likeness (QED) is 0.679. The molecular weight excluding hydrogens is 296 g/mol. The first-order valence-electron chi connectivity index (χ1n) is 7.00. The van der Waals surface area contributed by atoms with Crippen molar-refractivity contribution in [1.29, 1.82) is 0 Å². The summed E-state index contributed by atoms with van der Waals surface area (Å²) in [5.74, 6) is 1.77. The van der Waals surface area contributed by atoms with Gasteiger partial charge in [0.1, 0.15) is 12.1 Å². The molecule has 0 amide bonds. The molecule has 0 N–H and O–H groups in total. The molecule has 23 heavy (non-hydrogen) atoms. The van der Waals surface area contributed by atoms with Crippen molar-refractivity contribution in [2.24, 2.45) is 0 Å². The second-order valence-electron chi connectivity index (χ2n) is 4.91. The topological polar surface area (TPSA) is 90.1 Å². The van der Waals surface area contributed by atoms with Gasteiger partial charge in [0.2, 0.25) is 11.7 Å². The molecule has 0 unspecified atom stereocenters. The third kappa shape index (κ3) is 3.67. The molecule has 3 aromatic heterocycles. The van der Waals surface area contributed by atoms with E-state index in [0.29, 0.717) is 24.9 Å². The van der Waals surface area contributed by atoms with Crippen LogP contribution in [-0.4, -0.2) is 39.3 Å². The van der Waals surface area contributed by atoms with Crippen LogP contribution in [0.5, 0.6) is 0 Å². The Morgan fingerprint density at radius 2 is 2.22 bits per heavy atom. The Morgan fingerprint density at radius 3 is 3.00 bits per heavy atom. The fraction of sp³-hybridized carbons (Fsp3) is 0.267. The highest BCUT2D eigenvalue weighted by Gasteiger charge is 2.12. The Labute approximate surface area is 133 Å². The lowest BCUT2D eigenvalue weighted by Gasteiger charge is -2.15. The van der Waals surface area contributed by atoms with Crippen molar-refractivity contribution in [3.05, 3.63) is 48.5 Å². The van der Waals surface area contributed by atoms with Crippen molar-refractivity contribution >= 4 is 5.82 Å². The van der Waals surface area contributed by atoms with Crippen LogP contribution < -0.4 is 4.90 Å². The lowest BCUT2D eigenvalue weighted by Crippen LogP contribution is -2.18. The van der Waals surface area contributed by atoms with Gasteiger partial charge >= 0.3 is 0 Å². The molecular formula is C15H16N6O2. The van der Waals surface area contributed by atoms with Gasteiger partial charge in [-0.15, -0.1) is 0 Å². The van der Waals surface area contributed by atoms with Crippen molar-refractivity contribution in [2.75, 3.05) is 19.1 Å². The van der Waals surface area contributed by atoms with Crippen LogP contribution in [0.25, 0.3) is 11.4 Å². The zero-order valence-electron chi connectivity index (χ0n) is 12.9. The number of hydrogen-bond donors (Lipinski definition) is 0. The summed E-state index contributed by atoms with van der Waals surface area (Å²) < 4.78 is 10.4. The summed E-state index contributed by atoms with van der Waals surface area (Å²) in [7, 11) is 3.52. The van der Waals surface area contributed by atoms with Crippen molar-refractivity contribution in [3.8, 4) is 11.4 Å². The minimum atomic E-state index is 0.440. The predicted molar refractivity (Wildman–Crippen MR) is 82.4 cm³/mol. The number of anilines is 1. The highest BCUT2D eigenvalue weighted by molar-refractivity contribution is 5.52. The van der Waals surface area contributed by atoms with Gasteiger partial charge in [0.15, 0.2) is 0 Å². The molecule has 0 saturated carbocycles. The molecule has 0 aliphatic heterocycles. The van der Waals surface area contributed by atoms with Gasteiger partial charge in [-0.1, -0.05) is 5.16 Å². The minimum absolute atomic E-state index is 0.440. The summed E-state index contributed by atoms with van der Waals surface area (Å²) >= 11 is 0. The van der Waals surface area contributed by atoms with E-state index in [2.05, 4.69) is 25.1 Å². The number of pyridine rings is 1. The fourth-order valence-electron chi connectivity index (χ4n) is 2.04. The first-order valence-corrected chi connectivity index (χ1v) is 7.00. The van der Waals surface area contributed by atoms with E-state index in [4.69, 9.17) is 9.26 Å². The van der Waals surface area contributed by atoms with E-state index < -0.39 is 0 Å². The number of aromatic nitrogens is 5. The second kappa shape index (κ2) is 6.93. The molecule has 3 rings (SSSR count). The summed E-state index contributed by atoms with van der Waals surface area (Å²) in [6.45, 7) is 0.881. The molecule has 0 bridgehead atoms. The molecule has 0 radical (unpaired) electrons. The molecule has 8 nitrogen and oxygen atoms in total. The van der Waals surface area contributed by atoms with Crippen LogP contribution in [0.15, 0.2) is 41.4 Å². The molecule has 0 spiro atoms. The van der Waals surface area contributed by atoms with Gasteiger partial charge in [-0.3, -0.25) is 4.98 Å². The summed E-state index contributed by atoms with van der Waals surface area (Å²) in [5, 5.41) is 3.97. The first kappa shape index (κ1) is 15.0. The van der Waals surface area contributed by atoms with Crippen LogP contribution in [0.2, 0.25) is 0 Å². The van der Waals surface area contributed by atoms with E-state index in [1.165, 1.54) is 6.33 Å². The third-order valence-electron chi connectivity index (χ3n) is 3.15. The first-order chi connectivity index (χ1) is 11.3. The summed E-state index contributed by atoms with van der Waals surface area (Å²) in [4.78, 5) is 18.7. The van der Waals surface area contributed by atoms with E-state index in [-0.39, 0.29) is 0 Å². The van der Waals surface area contributed by atoms with Crippen molar-refractivity contribution in [1.82, 2.24) is 25.1 Å². The normalized spacial score (nSPS) is 10.7. The average molecular weight is 312 g/mol. The predicted octanol–water partition coefficient (Wildman–Crippen LogP) is 1.70. The Hall–Kier alpha value is -2.87. The van der Waals surface area contributed by atoms with Gasteiger partial charge in [-0.2, -0.15) is 4.98 Å². The second-order valence-corrected chi connectivity index (χ2v) is 4.91. The minimum Gasteiger partial charge on any atom is -0.378 e. The highest BCUT2D eigenvalue weighted by atomic mass is 16.5. The van der Waals surface area contributed by atoms with Gasteiger partial charge in [0, 0.05) is 38.2 Å². The van der Waals surface area contributed by atoms with Crippen LogP contribution in [0, 0.1) is 0 Å². The Morgan fingerprint density at radius 1 is 1.30 bits per heavy atom. The Balaban J connectivity index is 1.72. The molecule has 3 heterocycles. The number of ether oxygens (including phenoxy) is 1. The summed E-state index contributed by atoms with van der Waals surface area (Å²) in [6.07, 6.45) is 4.90. The zero-order chi connectivity index (χ0) is 16.1. The van der Waals surface area contributed by atoms with Gasteiger partial charge in [-0.25, -0.2) is 9.97 Å². The van der Waals surface area contributed by atoms with E-state index in [9.17, 15) is 0 Å².